The standard InChI is InChI=1S/C14H18O6/c15-12(20-13-3-1-2-6-17-13)8-18-14(16)10-7-9-4-5-11(10)19-9/h4-5,9-11,13H,1-3,6-8H2. The van der Waals surface area contributed by atoms with Gasteiger partial charge in [0, 0.05) is 6.42 Å². The van der Waals surface area contributed by atoms with E-state index < -0.39 is 18.2 Å². The second kappa shape index (κ2) is 5.93. The van der Waals surface area contributed by atoms with Crippen LogP contribution in [0.15, 0.2) is 12.2 Å². The monoisotopic (exact) mass is 282 g/mol. The number of hydrogen-bond acceptors (Lipinski definition) is 6. The van der Waals surface area contributed by atoms with Crippen molar-refractivity contribution in [3.05, 3.63) is 12.2 Å². The molecule has 3 aliphatic rings. The summed E-state index contributed by atoms with van der Waals surface area (Å²) < 4.78 is 20.9. The van der Waals surface area contributed by atoms with E-state index >= 15 is 0 Å². The fourth-order valence-corrected chi connectivity index (χ4v) is 2.73. The Bertz CT molecular complexity index is 412. The average molecular weight is 282 g/mol. The van der Waals surface area contributed by atoms with Crippen LogP contribution in [-0.4, -0.2) is 43.7 Å². The first-order chi connectivity index (χ1) is 9.72. The topological polar surface area (TPSA) is 71.1 Å². The first-order valence-corrected chi connectivity index (χ1v) is 7.04. The van der Waals surface area contributed by atoms with Gasteiger partial charge in [0.2, 0.25) is 6.29 Å². The summed E-state index contributed by atoms with van der Waals surface area (Å²) in [7, 11) is 0. The van der Waals surface area contributed by atoms with Gasteiger partial charge in [-0.05, 0) is 19.3 Å². The van der Waals surface area contributed by atoms with E-state index in [1.165, 1.54) is 0 Å². The largest absolute Gasteiger partial charge is 0.453 e. The van der Waals surface area contributed by atoms with Crippen LogP contribution < -0.4 is 0 Å². The van der Waals surface area contributed by atoms with Crippen molar-refractivity contribution in [1.29, 1.82) is 0 Å². The van der Waals surface area contributed by atoms with Crippen LogP contribution in [-0.2, 0) is 28.5 Å². The summed E-state index contributed by atoms with van der Waals surface area (Å²) >= 11 is 0. The molecule has 2 saturated heterocycles. The smallest absolute Gasteiger partial charge is 0.346 e. The molecule has 3 heterocycles. The molecule has 0 spiro atoms. The lowest BCUT2D eigenvalue weighted by molar-refractivity contribution is -0.193. The van der Waals surface area contributed by atoms with Crippen molar-refractivity contribution < 1.29 is 28.5 Å². The summed E-state index contributed by atoms with van der Waals surface area (Å²) in [6.07, 6.45) is 6.42. The summed E-state index contributed by atoms with van der Waals surface area (Å²) in [4.78, 5) is 23.4. The second-order valence-electron chi connectivity index (χ2n) is 5.26. The van der Waals surface area contributed by atoms with E-state index in [-0.39, 0.29) is 24.7 Å². The summed E-state index contributed by atoms with van der Waals surface area (Å²) in [5.74, 6) is -1.27. The summed E-state index contributed by atoms with van der Waals surface area (Å²) in [5.41, 5.74) is 0. The predicted molar refractivity (Wildman–Crippen MR) is 66.6 cm³/mol. The SMILES string of the molecule is O=C(COC(=O)C1CC2C=CC1O2)OC1CCCCO1. The van der Waals surface area contributed by atoms with Crippen LogP contribution in [0.5, 0.6) is 0 Å². The van der Waals surface area contributed by atoms with E-state index in [2.05, 4.69) is 0 Å². The van der Waals surface area contributed by atoms with Crippen LogP contribution in [0.4, 0.5) is 0 Å². The second-order valence-corrected chi connectivity index (χ2v) is 5.26. The van der Waals surface area contributed by atoms with Crippen molar-refractivity contribution in [3.8, 4) is 0 Å². The molecule has 4 atom stereocenters. The molecule has 0 radical (unpaired) electrons. The highest BCUT2D eigenvalue weighted by molar-refractivity contribution is 5.78. The first-order valence-electron chi connectivity index (χ1n) is 7.04. The maximum absolute atomic E-state index is 11.9. The van der Waals surface area contributed by atoms with Crippen molar-refractivity contribution in [2.75, 3.05) is 13.2 Å². The molecule has 3 rings (SSSR count). The van der Waals surface area contributed by atoms with Gasteiger partial charge in [0.1, 0.15) is 0 Å². The molecule has 2 fully saturated rings. The van der Waals surface area contributed by atoms with E-state index in [0.717, 1.165) is 12.8 Å². The number of ether oxygens (including phenoxy) is 4. The number of esters is 2. The van der Waals surface area contributed by atoms with Crippen molar-refractivity contribution >= 4 is 11.9 Å². The Morgan fingerprint density at radius 2 is 2.15 bits per heavy atom. The van der Waals surface area contributed by atoms with Crippen LogP contribution in [0.25, 0.3) is 0 Å². The van der Waals surface area contributed by atoms with Gasteiger partial charge in [0.25, 0.3) is 0 Å². The van der Waals surface area contributed by atoms with Gasteiger partial charge in [-0.3, -0.25) is 4.79 Å². The zero-order valence-electron chi connectivity index (χ0n) is 11.2. The van der Waals surface area contributed by atoms with E-state index in [4.69, 9.17) is 18.9 Å². The van der Waals surface area contributed by atoms with E-state index in [1.54, 1.807) is 0 Å². The molecule has 0 aromatic carbocycles. The van der Waals surface area contributed by atoms with Gasteiger partial charge in [0.05, 0.1) is 24.7 Å². The third-order valence-electron chi connectivity index (χ3n) is 3.77. The van der Waals surface area contributed by atoms with Crippen LogP contribution in [0, 0.1) is 5.92 Å². The summed E-state index contributed by atoms with van der Waals surface area (Å²) in [6, 6.07) is 0. The van der Waals surface area contributed by atoms with Crippen molar-refractivity contribution in [2.45, 2.75) is 44.2 Å². The minimum absolute atomic E-state index is 0.0140. The van der Waals surface area contributed by atoms with Crippen LogP contribution in [0.1, 0.15) is 25.7 Å². The number of hydrogen-bond donors (Lipinski definition) is 0. The van der Waals surface area contributed by atoms with E-state index in [0.29, 0.717) is 19.4 Å². The number of carbonyl (C=O) groups excluding carboxylic acids is 2. The predicted octanol–water partition coefficient (Wildman–Crippen LogP) is 0.943. The van der Waals surface area contributed by atoms with Gasteiger partial charge in [-0.25, -0.2) is 4.79 Å². The molecule has 0 N–H and O–H groups in total. The lowest BCUT2D eigenvalue weighted by atomic mass is 9.95. The van der Waals surface area contributed by atoms with Crippen molar-refractivity contribution in [3.63, 3.8) is 0 Å². The highest BCUT2D eigenvalue weighted by Gasteiger charge is 2.42. The van der Waals surface area contributed by atoms with Crippen LogP contribution in [0.3, 0.4) is 0 Å². The maximum atomic E-state index is 11.9. The minimum Gasteiger partial charge on any atom is -0.453 e. The molecule has 6 nitrogen and oxygen atoms in total. The quantitative estimate of drug-likeness (QED) is 0.564. The highest BCUT2D eigenvalue weighted by Crippen LogP contribution is 2.34. The Morgan fingerprint density at radius 3 is 2.80 bits per heavy atom. The Hall–Kier alpha value is -1.40. The summed E-state index contributed by atoms with van der Waals surface area (Å²) in [6.45, 7) is 0.239. The fourth-order valence-electron chi connectivity index (χ4n) is 2.73. The molecule has 0 aromatic heterocycles. The Labute approximate surface area is 117 Å². The molecular formula is C14H18O6. The van der Waals surface area contributed by atoms with Crippen molar-refractivity contribution in [1.82, 2.24) is 0 Å². The first kappa shape index (κ1) is 13.6. The average Bonchev–Trinajstić information content (AvgIpc) is 3.08. The Balaban J connectivity index is 1.39. The number of carbonyl (C=O) groups is 2. The van der Waals surface area contributed by atoms with Gasteiger partial charge >= 0.3 is 11.9 Å². The van der Waals surface area contributed by atoms with Gasteiger partial charge in [-0.2, -0.15) is 0 Å². The molecule has 0 aromatic rings. The molecule has 6 heteroatoms. The normalized spacial score (nSPS) is 35.0. The molecule has 0 saturated carbocycles. The third-order valence-corrected chi connectivity index (χ3v) is 3.77. The van der Waals surface area contributed by atoms with Crippen LogP contribution in [0.2, 0.25) is 0 Å². The fraction of sp³-hybridized carbons (Fsp3) is 0.714. The van der Waals surface area contributed by atoms with E-state index in [1.807, 2.05) is 12.2 Å². The van der Waals surface area contributed by atoms with Crippen molar-refractivity contribution in [2.24, 2.45) is 5.92 Å². The number of rotatable bonds is 4. The van der Waals surface area contributed by atoms with Crippen LogP contribution >= 0.6 is 0 Å². The molecule has 0 amide bonds. The molecular weight excluding hydrogens is 264 g/mol. The third kappa shape index (κ3) is 3.02. The zero-order valence-corrected chi connectivity index (χ0v) is 11.2. The van der Waals surface area contributed by atoms with Gasteiger partial charge < -0.3 is 18.9 Å². The number of fused-ring (bicyclic) bond motifs is 2. The van der Waals surface area contributed by atoms with Gasteiger partial charge in [-0.15, -0.1) is 0 Å². The molecule has 20 heavy (non-hydrogen) atoms. The zero-order chi connectivity index (χ0) is 13.9. The van der Waals surface area contributed by atoms with E-state index in [9.17, 15) is 9.59 Å². The molecule has 3 aliphatic heterocycles. The molecule has 4 unspecified atom stereocenters. The molecule has 110 valence electrons. The van der Waals surface area contributed by atoms with Gasteiger partial charge in [0.15, 0.2) is 6.61 Å². The lowest BCUT2D eigenvalue weighted by Gasteiger charge is -2.22. The Kier molecular flexibility index (Phi) is 4.03. The maximum Gasteiger partial charge on any atom is 0.346 e. The van der Waals surface area contributed by atoms with Gasteiger partial charge in [-0.1, -0.05) is 12.2 Å². The molecule has 0 aliphatic carbocycles. The lowest BCUT2D eigenvalue weighted by Crippen LogP contribution is -2.30. The summed E-state index contributed by atoms with van der Waals surface area (Å²) in [5, 5.41) is 0. The Morgan fingerprint density at radius 1 is 1.25 bits per heavy atom. The molecule has 2 bridgehead atoms. The minimum atomic E-state index is -0.565. The highest BCUT2D eigenvalue weighted by atomic mass is 16.7.